The Hall–Kier alpha value is -2.68. The molecule has 0 aliphatic rings. The predicted octanol–water partition coefficient (Wildman–Crippen LogP) is 2.86. The third-order valence-electron chi connectivity index (χ3n) is 4.65. The number of alkyl halides is 3. The van der Waals surface area contributed by atoms with Gasteiger partial charge in [0.05, 0.1) is 0 Å². The number of benzene rings is 1. The van der Waals surface area contributed by atoms with Gasteiger partial charge in [-0.25, -0.2) is 4.98 Å². The number of rotatable bonds is 6. The molecule has 1 aromatic heterocycles. The molecule has 0 aliphatic heterocycles. The summed E-state index contributed by atoms with van der Waals surface area (Å²) in [5, 5.41) is 12.4. The second-order valence-corrected chi connectivity index (χ2v) is 7.88. The quantitative estimate of drug-likeness (QED) is 0.566. The van der Waals surface area contributed by atoms with Crippen LogP contribution in [0.5, 0.6) is 0 Å². The van der Waals surface area contributed by atoms with Gasteiger partial charge in [0.15, 0.2) is 0 Å². The molecule has 0 spiro atoms. The molecule has 1 heterocycles. The fourth-order valence-corrected chi connectivity index (χ4v) is 2.83. The number of amides is 1. The molecule has 0 aliphatic carbocycles. The lowest BCUT2D eigenvalue weighted by molar-refractivity contribution is -0.272. The predicted molar refractivity (Wildman–Crippen MR) is 100 cm³/mol. The van der Waals surface area contributed by atoms with Crippen LogP contribution in [0.25, 0.3) is 0 Å². The Morgan fingerprint density at radius 3 is 2.17 bits per heavy atom. The number of halogens is 3. The van der Waals surface area contributed by atoms with Gasteiger partial charge in [-0.3, -0.25) is 9.59 Å². The van der Waals surface area contributed by atoms with Gasteiger partial charge in [-0.1, -0.05) is 45.0 Å². The van der Waals surface area contributed by atoms with Crippen molar-refractivity contribution in [2.24, 2.45) is 7.05 Å². The lowest BCUT2D eigenvalue weighted by atomic mass is 9.86. The van der Waals surface area contributed by atoms with Crippen molar-refractivity contribution in [3.63, 3.8) is 0 Å². The molecule has 1 aromatic carbocycles. The zero-order valence-electron chi connectivity index (χ0n) is 16.7. The molecule has 0 bridgehead atoms. The molecule has 2 N–H and O–H groups in total. The molecular formula is C20H24F3N3O3. The number of imidazole rings is 1. The van der Waals surface area contributed by atoms with Crippen molar-refractivity contribution in [3.8, 4) is 0 Å². The molecular weight excluding hydrogens is 387 g/mol. The van der Waals surface area contributed by atoms with Crippen LogP contribution in [0.3, 0.4) is 0 Å². The summed E-state index contributed by atoms with van der Waals surface area (Å²) in [7, 11) is 1.32. The number of hydrogen-bond donors (Lipinski definition) is 2. The number of Topliss-reactive ketones (excluding diaryl/α,β-unsaturated/α-hetero) is 1. The maximum Gasteiger partial charge on any atom is 0.424 e. The van der Waals surface area contributed by atoms with Gasteiger partial charge < -0.3 is 15.0 Å². The largest absolute Gasteiger partial charge is 0.424 e. The Morgan fingerprint density at radius 2 is 1.72 bits per heavy atom. The van der Waals surface area contributed by atoms with Crippen molar-refractivity contribution < 1.29 is 27.9 Å². The van der Waals surface area contributed by atoms with Crippen LogP contribution in [0.4, 0.5) is 13.2 Å². The standard InChI is InChI=1S/C20H24F3N3O3/c1-18(2,3)14-7-5-13(6-8-14)15(27)16(28)24-10-9-19(29,20(21,22)23)17-25-11-12-26(17)4/h5-8,11-12,29H,9-10H2,1-4H3,(H,24,28). The summed E-state index contributed by atoms with van der Waals surface area (Å²) in [5.41, 5.74) is -2.28. The van der Waals surface area contributed by atoms with Crippen LogP contribution >= 0.6 is 0 Å². The summed E-state index contributed by atoms with van der Waals surface area (Å²) < 4.78 is 41.4. The maximum atomic E-state index is 13.4. The van der Waals surface area contributed by atoms with E-state index in [1.165, 1.54) is 25.4 Å². The Kier molecular flexibility index (Phi) is 6.22. The highest BCUT2D eigenvalue weighted by atomic mass is 19.4. The van der Waals surface area contributed by atoms with Gasteiger partial charge >= 0.3 is 6.18 Å². The van der Waals surface area contributed by atoms with Gasteiger partial charge in [0, 0.05) is 38.0 Å². The highest BCUT2D eigenvalue weighted by Gasteiger charge is 2.57. The zero-order chi connectivity index (χ0) is 22.0. The summed E-state index contributed by atoms with van der Waals surface area (Å²) in [6.45, 7) is 5.44. The summed E-state index contributed by atoms with van der Waals surface area (Å²) in [6, 6.07) is 6.46. The summed E-state index contributed by atoms with van der Waals surface area (Å²) in [5.74, 6) is -2.50. The van der Waals surface area contributed by atoms with Gasteiger partial charge in [0.25, 0.3) is 5.91 Å². The van der Waals surface area contributed by atoms with Crippen LogP contribution in [0.1, 0.15) is 48.9 Å². The number of carbonyl (C=O) groups is 2. The molecule has 1 atom stereocenters. The molecule has 0 fully saturated rings. The average Bonchev–Trinajstić information content (AvgIpc) is 3.05. The number of nitrogens with zero attached hydrogens (tertiary/aromatic N) is 2. The second kappa shape index (κ2) is 7.98. The van der Waals surface area contributed by atoms with E-state index >= 15 is 0 Å². The number of hydrogen-bond acceptors (Lipinski definition) is 4. The summed E-state index contributed by atoms with van der Waals surface area (Å²) in [6.07, 6.45) is -3.49. The fraction of sp³-hybridized carbons (Fsp3) is 0.450. The van der Waals surface area contributed by atoms with Gasteiger partial charge in [-0.05, 0) is 11.0 Å². The van der Waals surface area contributed by atoms with Crippen molar-refractivity contribution in [2.75, 3.05) is 6.54 Å². The SMILES string of the molecule is Cn1ccnc1C(O)(CCNC(=O)C(=O)c1ccc(C(C)(C)C)cc1)C(F)(F)F. The number of aliphatic hydroxyl groups is 1. The number of aryl methyl sites for hydroxylation is 1. The van der Waals surface area contributed by atoms with E-state index in [1.54, 1.807) is 12.1 Å². The van der Waals surface area contributed by atoms with Gasteiger partial charge in [0.2, 0.25) is 11.4 Å². The molecule has 0 radical (unpaired) electrons. The Morgan fingerprint density at radius 1 is 1.14 bits per heavy atom. The van der Waals surface area contributed by atoms with Crippen LogP contribution < -0.4 is 5.32 Å². The Bertz CT molecular complexity index is 883. The highest BCUT2D eigenvalue weighted by Crippen LogP contribution is 2.40. The van der Waals surface area contributed by atoms with Crippen molar-refractivity contribution in [3.05, 3.63) is 53.6 Å². The maximum absolute atomic E-state index is 13.4. The highest BCUT2D eigenvalue weighted by molar-refractivity contribution is 6.42. The van der Waals surface area contributed by atoms with E-state index < -0.39 is 42.3 Å². The lowest BCUT2D eigenvalue weighted by Crippen LogP contribution is -2.47. The van der Waals surface area contributed by atoms with Crippen LogP contribution in [0, 0.1) is 0 Å². The molecule has 158 valence electrons. The molecule has 1 amide bonds. The van der Waals surface area contributed by atoms with E-state index in [2.05, 4.69) is 10.3 Å². The van der Waals surface area contributed by atoms with Crippen LogP contribution in [0.15, 0.2) is 36.7 Å². The number of nitrogens with one attached hydrogen (secondary N) is 1. The van der Waals surface area contributed by atoms with E-state index in [-0.39, 0.29) is 11.0 Å². The molecule has 6 nitrogen and oxygen atoms in total. The minimum absolute atomic E-state index is 0.128. The first-order valence-electron chi connectivity index (χ1n) is 8.97. The minimum atomic E-state index is -5.01. The third kappa shape index (κ3) is 4.84. The van der Waals surface area contributed by atoms with Gasteiger partial charge in [0.1, 0.15) is 5.82 Å². The molecule has 0 saturated heterocycles. The normalized spacial score (nSPS) is 14.3. The van der Waals surface area contributed by atoms with E-state index in [4.69, 9.17) is 0 Å². The van der Waals surface area contributed by atoms with Crippen molar-refractivity contribution in [1.29, 1.82) is 0 Å². The second-order valence-electron chi connectivity index (χ2n) is 7.88. The molecule has 2 rings (SSSR count). The monoisotopic (exact) mass is 411 g/mol. The van der Waals surface area contributed by atoms with Crippen LogP contribution in [-0.2, 0) is 22.9 Å². The van der Waals surface area contributed by atoms with Crippen molar-refractivity contribution in [1.82, 2.24) is 14.9 Å². The Balaban J connectivity index is 2.06. The average molecular weight is 411 g/mol. The first-order valence-corrected chi connectivity index (χ1v) is 8.97. The van der Waals surface area contributed by atoms with E-state index in [0.717, 1.165) is 16.3 Å². The molecule has 2 aromatic rings. The van der Waals surface area contributed by atoms with Gasteiger partial charge in [-0.15, -0.1) is 0 Å². The summed E-state index contributed by atoms with van der Waals surface area (Å²) >= 11 is 0. The van der Waals surface area contributed by atoms with E-state index in [1.807, 2.05) is 20.8 Å². The van der Waals surface area contributed by atoms with E-state index in [0.29, 0.717) is 0 Å². The van der Waals surface area contributed by atoms with E-state index in [9.17, 15) is 27.9 Å². The minimum Gasteiger partial charge on any atom is -0.374 e. The molecule has 29 heavy (non-hydrogen) atoms. The molecule has 0 saturated carbocycles. The smallest absolute Gasteiger partial charge is 0.374 e. The molecule has 9 heteroatoms. The third-order valence-corrected chi connectivity index (χ3v) is 4.65. The lowest BCUT2D eigenvalue weighted by Gasteiger charge is -2.29. The van der Waals surface area contributed by atoms with Crippen LogP contribution in [0.2, 0.25) is 0 Å². The van der Waals surface area contributed by atoms with Gasteiger partial charge in [-0.2, -0.15) is 13.2 Å². The molecule has 1 unspecified atom stereocenters. The first-order chi connectivity index (χ1) is 13.3. The first kappa shape index (κ1) is 22.6. The van der Waals surface area contributed by atoms with Crippen molar-refractivity contribution >= 4 is 11.7 Å². The number of aromatic nitrogens is 2. The number of carbonyl (C=O) groups excluding carboxylic acids is 2. The fourth-order valence-electron chi connectivity index (χ4n) is 2.83. The van der Waals surface area contributed by atoms with Crippen LogP contribution in [-0.4, -0.2) is 39.1 Å². The Labute approximate surface area is 166 Å². The zero-order valence-corrected chi connectivity index (χ0v) is 16.7. The van der Waals surface area contributed by atoms with Crippen molar-refractivity contribution in [2.45, 2.75) is 44.4 Å². The topological polar surface area (TPSA) is 84.2 Å². The summed E-state index contributed by atoms with van der Waals surface area (Å²) in [4.78, 5) is 27.9. The number of ketones is 1.